The molecule has 1 aliphatic heterocycles. The number of piperidine rings is 1. The average molecular weight is 143 g/mol. The molecule has 2 N–H and O–H groups in total. The summed E-state index contributed by atoms with van der Waals surface area (Å²) >= 11 is 0. The third-order valence-corrected chi connectivity index (χ3v) is 2.08. The van der Waals surface area contributed by atoms with Gasteiger partial charge in [0, 0.05) is 20.0 Å². The largest absolute Gasteiger partial charge is 0.327 e. The minimum absolute atomic E-state index is 0.531. The second-order valence-corrected chi connectivity index (χ2v) is 3.33. The van der Waals surface area contributed by atoms with E-state index in [0.717, 1.165) is 25.9 Å². The minimum atomic E-state index is -0.692. The molecule has 1 saturated heterocycles. The number of hydrogen-bond donors (Lipinski definition) is 1. The fourth-order valence-corrected chi connectivity index (χ4v) is 1.37. The van der Waals surface area contributed by atoms with E-state index in [4.69, 9.17) is 7.10 Å². The maximum atomic E-state index is 7.69. The Kier molecular flexibility index (Phi) is 2.22. The second-order valence-electron chi connectivity index (χ2n) is 3.33. The maximum absolute atomic E-state index is 7.69. The van der Waals surface area contributed by atoms with Crippen LogP contribution < -0.4 is 5.73 Å². The molecule has 0 aliphatic carbocycles. The van der Waals surface area contributed by atoms with Gasteiger partial charge in [-0.2, -0.15) is 0 Å². The zero-order valence-electron chi connectivity index (χ0n) is 7.93. The number of nitrogens with two attached hydrogens (primary N) is 1. The molecule has 2 nitrogen and oxygen atoms in total. The second kappa shape index (κ2) is 3.35. The Morgan fingerprint density at radius 2 is 2.40 bits per heavy atom. The zero-order valence-corrected chi connectivity index (χ0v) is 6.93. The normalized spacial score (nSPS) is 38.2. The highest BCUT2D eigenvalue weighted by molar-refractivity contribution is 4.76. The minimum Gasteiger partial charge on any atom is -0.327 e. The fourth-order valence-electron chi connectivity index (χ4n) is 1.37. The number of likely N-dealkylation sites (tertiary alicyclic amines) is 1. The number of nitrogens with zero attached hydrogens (tertiary/aromatic N) is 1. The quantitative estimate of drug-likeness (QED) is 0.589. The molecule has 1 atom stereocenters. The topological polar surface area (TPSA) is 29.3 Å². The lowest BCUT2D eigenvalue weighted by molar-refractivity contribution is 0.169. The Labute approximate surface area is 64.8 Å². The van der Waals surface area contributed by atoms with Crippen LogP contribution in [0.1, 0.15) is 28.1 Å². The predicted octanol–water partition coefficient (Wildman–Crippen LogP) is 0.818. The van der Waals surface area contributed by atoms with Crippen molar-refractivity contribution in [2.45, 2.75) is 38.7 Å². The Morgan fingerprint density at radius 1 is 1.70 bits per heavy atom. The SMILES string of the molecule is [2H][C@]1(N)CCCN(C(C)C)C1. The molecule has 1 fully saturated rings. The maximum Gasteiger partial charge on any atom is 0.0476 e. The van der Waals surface area contributed by atoms with Crippen molar-refractivity contribution >= 4 is 0 Å². The van der Waals surface area contributed by atoms with Crippen molar-refractivity contribution in [1.82, 2.24) is 4.90 Å². The molecular weight excluding hydrogens is 124 g/mol. The van der Waals surface area contributed by atoms with Gasteiger partial charge in [0.05, 0.1) is 0 Å². The lowest BCUT2D eigenvalue weighted by atomic mass is 10.1. The summed E-state index contributed by atoms with van der Waals surface area (Å²) in [4.78, 5) is 2.27. The molecular formula is C8H18N2. The van der Waals surface area contributed by atoms with Crippen LogP contribution >= 0.6 is 0 Å². The first-order valence-corrected chi connectivity index (χ1v) is 4.04. The van der Waals surface area contributed by atoms with Crippen molar-refractivity contribution < 1.29 is 1.37 Å². The van der Waals surface area contributed by atoms with Gasteiger partial charge in [-0.15, -0.1) is 0 Å². The van der Waals surface area contributed by atoms with Crippen LogP contribution in [0.15, 0.2) is 0 Å². The van der Waals surface area contributed by atoms with Gasteiger partial charge in [-0.05, 0) is 33.2 Å². The van der Waals surface area contributed by atoms with Gasteiger partial charge in [0.2, 0.25) is 0 Å². The Balaban J connectivity index is 2.46. The lowest BCUT2D eigenvalue weighted by Gasteiger charge is -2.33. The molecule has 60 valence electrons. The molecule has 0 aromatic carbocycles. The first-order valence-electron chi connectivity index (χ1n) is 4.54. The number of rotatable bonds is 1. The molecule has 0 radical (unpaired) electrons. The molecule has 0 saturated carbocycles. The molecule has 0 aromatic heterocycles. The van der Waals surface area contributed by atoms with Crippen LogP contribution in [0.3, 0.4) is 0 Å². The molecule has 0 unspecified atom stereocenters. The van der Waals surface area contributed by atoms with Crippen LogP contribution in [0, 0.1) is 0 Å². The van der Waals surface area contributed by atoms with Gasteiger partial charge in [0.1, 0.15) is 0 Å². The summed E-state index contributed by atoms with van der Waals surface area (Å²) in [6.45, 7) is 6.14. The summed E-state index contributed by atoms with van der Waals surface area (Å²) in [5, 5.41) is 0. The van der Waals surface area contributed by atoms with E-state index in [9.17, 15) is 0 Å². The number of hydrogen-bond acceptors (Lipinski definition) is 2. The van der Waals surface area contributed by atoms with E-state index in [1.165, 1.54) is 0 Å². The van der Waals surface area contributed by atoms with Gasteiger partial charge in [0.25, 0.3) is 0 Å². The summed E-state index contributed by atoms with van der Waals surface area (Å²) in [5.41, 5.74) is 5.73. The Hall–Kier alpha value is -0.0800. The van der Waals surface area contributed by atoms with E-state index >= 15 is 0 Å². The first kappa shape index (κ1) is 6.62. The lowest BCUT2D eigenvalue weighted by Crippen LogP contribution is -2.45. The van der Waals surface area contributed by atoms with Crippen LogP contribution in [0.2, 0.25) is 0 Å². The smallest absolute Gasteiger partial charge is 0.0476 e. The summed E-state index contributed by atoms with van der Waals surface area (Å²) in [5.74, 6) is 0. The van der Waals surface area contributed by atoms with E-state index in [-0.39, 0.29) is 0 Å². The monoisotopic (exact) mass is 143 g/mol. The van der Waals surface area contributed by atoms with Gasteiger partial charge in [0.15, 0.2) is 0 Å². The van der Waals surface area contributed by atoms with Crippen LogP contribution in [-0.2, 0) is 0 Å². The first-order chi connectivity index (χ1) is 5.01. The van der Waals surface area contributed by atoms with Crippen LogP contribution in [0.25, 0.3) is 0 Å². The van der Waals surface area contributed by atoms with Gasteiger partial charge in [-0.3, -0.25) is 4.90 Å². The fraction of sp³-hybridized carbons (Fsp3) is 1.00. The molecule has 1 rings (SSSR count). The Bertz CT molecular complexity index is 134. The van der Waals surface area contributed by atoms with Crippen molar-refractivity contribution in [3.63, 3.8) is 0 Å². The molecule has 0 amide bonds. The van der Waals surface area contributed by atoms with E-state index in [0.29, 0.717) is 6.04 Å². The highest BCUT2D eigenvalue weighted by Gasteiger charge is 2.17. The van der Waals surface area contributed by atoms with Crippen molar-refractivity contribution in [1.29, 1.82) is 0 Å². The van der Waals surface area contributed by atoms with E-state index in [1.807, 2.05) is 0 Å². The van der Waals surface area contributed by atoms with E-state index in [1.54, 1.807) is 0 Å². The highest BCUT2D eigenvalue weighted by Crippen LogP contribution is 2.10. The predicted molar refractivity (Wildman–Crippen MR) is 43.9 cm³/mol. The summed E-state index contributed by atoms with van der Waals surface area (Å²) in [6, 6.07) is -0.161. The molecule has 2 heteroatoms. The van der Waals surface area contributed by atoms with Crippen molar-refractivity contribution in [3.05, 3.63) is 0 Å². The summed E-state index contributed by atoms with van der Waals surface area (Å²) < 4.78 is 7.69. The molecule has 0 aromatic rings. The van der Waals surface area contributed by atoms with Crippen molar-refractivity contribution in [3.8, 4) is 0 Å². The third-order valence-electron chi connectivity index (χ3n) is 2.08. The van der Waals surface area contributed by atoms with E-state index < -0.39 is 6.02 Å². The molecule has 1 aliphatic rings. The zero-order chi connectivity index (χ0) is 8.48. The molecule has 0 bridgehead atoms. The van der Waals surface area contributed by atoms with Crippen LogP contribution in [0.5, 0.6) is 0 Å². The van der Waals surface area contributed by atoms with Crippen molar-refractivity contribution in [2.75, 3.05) is 13.1 Å². The standard InChI is InChI=1S/C8H18N2/c1-7(2)10-5-3-4-8(9)6-10/h7-8H,3-6,9H2,1-2H3/t8-/m0/s1/i8D. The van der Waals surface area contributed by atoms with Crippen LogP contribution in [-0.4, -0.2) is 30.0 Å². The highest BCUT2D eigenvalue weighted by atomic mass is 15.2. The van der Waals surface area contributed by atoms with Gasteiger partial charge in [-0.1, -0.05) is 0 Å². The molecule has 0 spiro atoms. The van der Waals surface area contributed by atoms with Gasteiger partial charge >= 0.3 is 0 Å². The van der Waals surface area contributed by atoms with E-state index in [2.05, 4.69) is 18.7 Å². The van der Waals surface area contributed by atoms with Crippen LogP contribution in [0.4, 0.5) is 0 Å². The third kappa shape index (κ3) is 1.96. The average Bonchev–Trinajstić information content (AvgIpc) is 1.85. The molecule has 1 heterocycles. The van der Waals surface area contributed by atoms with Gasteiger partial charge in [-0.25, -0.2) is 0 Å². The summed E-state index contributed by atoms with van der Waals surface area (Å²) in [7, 11) is 0. The molecule has 10 heavy (non-hydrogen) atoms. The Morgan fingerprint density at radius 3 is 2.80 bits per heavy atom. The van der Waals surface area contributed by atoms with Gasteiger partial charge < -0.3 is 5.73 Å². The summed E-state index contributed by atoms with van der Waals surface area (Å²) in [6.07, 6.45) is 1.91. The van der Waals surface area contributed by atoms with Crippen molar-refractivity contribution in [2.24, 2.45) is 5.73 Å².